The first kappa shape index (κ1) is 105. The molecule has 0 unspecified atom stereocenters. The lowest BCUT2D eigenvalue weighted by Crippen LogP contribution is -2.53. The second-order valence-electron chi connectivity index (χ2n) is 28.5. The van der Waals surface area contributed by atoms with E-state index in [0.29, 0.717) is 78.5 Å². The van der Waals surface area contributed by atoms with Crippen molar-refractivity contribution in [1.29, 1.82) is 0 Å². The van der Waals surface area contributed by atoms with Crippen LogP contribution >= 0.6 is 46.4 Å². The zero-order valence-corrected chi connectivity index (χ0v) is 71.4. The van der Waals surface area contributed by atoms with Crippen molar-refractivity contribution in [1.82, 2.24) is 59.2 Å². The third kappa shape index (κ3) is 42.5. The summed E-state index contributed by atoms with van der Waals surface area (Å²) in [5, 5.41) is 82.5. The fourth-order valence-corrected chi connectivity index (χ4v) is 12.4. The SMILES string of the molecule is CC(=O)CN(CCC(=O)O)C(=O)CN(CCC(=O)O)C(=O)CN(CCC(=O)O)C(=O)CN(CCC(=O)O)C(=O)CN(CCC(=O)O)C(=O)CN(CCC(=O)O)C(=O)CN(CCC(=O)O)C(=O)CN(CCC(=O)O)C(=O)CN(CCc1ccc(Cl)cc1)C(=O)CN(CCc1ccc(Cl)cc1)C(=O)CN(CCc1ccc(Cl)cc1)C(=O)CNCCc1ccc(Cl)cc1. The zero-order valence-electron chi connectivity index (χ0n) is 68.4. The van der Waals surface area contributed by atoms with E-state index in [1.165, 1.54) is 9.80 Å². The molecular weight excluding hydrogens is 1730 g/mol. The van der Waals surface area contributed by atoms with E-state index in [4.69, 9.17) is 46.4 Å². The molecule has 4 rings (SSSR count). The van der Waals surface area contributed by atoms with Gasteiger partial charge in [0, 0.05) is 92.1 Å². The Kier molecular flexibility index (Phi) is 46.1. The fourth-order valence-electron chi connectivity index (χ4n) is 11.9. The van der Waals surface area contributed by atoms with Crippen LogP contribution in [0.25, 0.3) is 0 Å². The van der Waals surface area contributed by atoms with Gasteiger partial charge < -0.3 is 100 Å². The number of Topliss-reactive ketones (excluding diaryl/α,β-unsaturated/α-hetero) is 1. The molecule has 44 heteroatoms. The molecule has 0 aliphatic heterocycles. The van der Waals surface area contributed by atoms with Gasteiger partial charge in [-0.3, -0.25) is 95.9 Å². The van der Waals surface area contributed by atoms with E-state index in [9.17, 15) is 132 Å². The quantitative estimate of drug-likeness (QED) is 0.0284. The minimum absolute atomic E-state index is 0.00911. The first-order valence-corrected chi connectivity index (χ1v) is 40.5. The van der Waals surface area contributed by atoms with Crippen LogP contribution in [0.4, 0.5) is 0 Å². The van der Waals surface area contributed by atoms with Gasteiger partial charge in [-0.2, -0.15) is 0 Å². The van der Waals surface area contributed by atoms with Gasteiger partial charge >= 0.3 is 47.8 Å². The highest BCUT2D eigenvalue weighted by molar-refractivity contribution is 6.31. The molecule has 9 N–H and O–H groups in total. The normalized spacial score (nSPS) is 10.8. The third-order valence-corrected chi connectivity index (χ3v) is 19.9. The second kappa shape index (κ2) is 55.0. The Morgan fingerprint density at radius 2 is 0.376 bits per heavy atom. The minimum atomic E-state index is -1.61. The minimum Gasteiger partial charge on any atom is -0.481 e. The Hall–Kier alpha value is -12.4. The molecule has 125 heavy (non-hydrogen) atoms. The molecule has 0 fully saturated rings. The molecule has 0 atom stereocenters. The average molecular weight is 1830 g/mol. The Labute approximate surface area is 737 Å². The molecule has 0 spiro atoms. The van der Waals surface area contributed by atoms with Crippen molar-refractivity contribution in [3.8, 4) is 0 Å². The summed E-state index contributed by atoms with van der Waals surface area (Å²) in [6.07, 6.45) is -6.28. The van der Waals surface area contributed by atoms with E-state index in [-0.39, 0.29) is 45.4 Å². The molecule has 0 heterocycles. The highest BCUT2D eigenvalue weighted by Crippen LogP contribution is 2.18. The number of nitrogens with one attached hydrogen (secondary N) is 1. The lowest BCUT2D eigenvalue weighted by molar-refractivity contribution is -0.151. The number of nitrogens with zero attached hydrogens (tertiary/aromatic N) is 11. The lowest BCUT2D eigenvalue weighted by atomic mass is 10.1. The number of benzene rings is 4. The number of hydrogen-bond donors (Lipinski definition) is 9. The standard InChI is InChI=1S/C81H100Cl4N12O28/c1-54(98)43-87(34-22-74(110)111)64(100)45-91(35-23-75(112)113)68(104)48-93(37-25-77(116)117)70(106)50-95(39-27-79(120)121)72(108)52-97(41-29-81(124)125)73(109)53-96(40-28-80(122)123)71(107)51-94(38-26-78(118)119)69(105)49-92(36-24-76(114)115)67(103)47-90(33-21-58-8-16-62(85)17-9-58)66(102)46-89(32-20-57-6-14-61(84)15-7-57)65(101)44-88(31-19-56-4-12-60(83)13-5-56)63(99)42-86-30-18-55-2-10-59(82)11-3-55/h2-17,86H,18-53H2,1H3,(H,110,111)(H,112,113)(H,114,115)(H,116,117)(H,118,119)(H,120,121)(H,122,123)(H,124,125). The number of hydrogen-bond acceptors (Lipinski definition) is 21. The zero-order chi connectivity index (χ0) is 93.0. The van der Waals surface area contributed by atoms with Gasteiger partial charge in [-0.05, 0) is 110 Å². The number of aliphatic carboxylic acids is 8. The molecule has 0 bridgehead atoms. The van der Waals surface area contributed by atoms with Crippen LogP contribution in [-0.4, -0.2) is 370 Å². The molecule has 0 aromatic heterocycles. The van der Waals surface area contributed by atoms with E-state index in [1.807, 2.05) is 12.1 Å². The Bertz CT molecular complexity index is 4450. The van der Waals surface area contributed by atoms with E-state index >= 15 is 4.79 Å². The number of carbonyl (C=O) groups is 20. The summed E-state index contributed by atoms with van der Waals surface area (Å²) < 4.78 is 0. The molecule has 0 saturated heterocycles. The molecule has 4 aromatic carbocycles. The maximum atomic E-state index is 15.2. The molecule has 680 valence electrons. The Balaban J connectivity index is 1.71. The van der Waals surface area contributed by atoms with Gasteiger partial charge in [-0.25, -0.2) is 0 Å². The van der Waals surface area contributed by atoms with E-state index in [0.717, 1.165) is 27.9 Å². The van der Waals surface area contributed by atoms with Gasteiger partial charge in [0.1, 0.15) is 5.78 Å². The van der Waals surface area contributed by atoms with Crippen molar-refractivity contribution in [2.45, 2.75) is 84.0 Å². The van der Waals surface area contributed by atoms with Crippen LogP contribution in [0.1, 0.15) is 80.5 Å². The predicted molar refractivity (Wildman–Crippen MR) is 445 cm³/mol. The molecule has 0 aliphatic carbocycles. The van der Waals surface area contributed by atoms with Gasteiger partial charge in [-0.1, -0.05) is 94.9 Å². The summed E-state index contributed by atoms with van der Waals surface area (Å²) in [6.45, 7) is -17.2. The molecule has 0 aliphatic rings. The predicted octanol–water partition coefficient (Wildman–Crippen LogP) is 1.66. The van der Waals surface area contributed by atoms with Crippen molar-refractivity contribution in [2.75, 3.05) is 157 Å². The van der Waals surface area contributed by atoms with Crippen molar-refractivity contribution >= 4 is 165 Å². The number of carboxylic acids is 8. The number of halogens is 4. The maximum Gasteiger partial charge on any atom is 0.305 e. The fraction of sp³-hybridized carbons (Fsp3) is 0.457. The highest BCUT2D eigenvalue weighted by atomic mass is 35.5. The van der Waals surface area contributed by atoms with Gasteiger partial charge in [0.05, 0.1) is 130 Å². The van der Waals surface area contributed by atoms with Crippen LogP contribution in [-0.2, 0) is 122 Å². The highest BCUT2D eigenvalue weighted by Gasteiger charge is 2.35. The van der Waals surface area contributed by atoms with Crippen molar-refractivity contribution in [2.24, 2.45) is 0 Å². The first-order valence-electron chi connectivity index (χ1n) is 39.0. The van der Waals surface area contributed by atoms with Gasteiger partial charge in [0.2, 0.25) is 65.0 Å². The number of carboxylic acid groups (broad SMARTS) is 8. The van der Waals surface area contributed by atoms with Crippen LogP contribution in [0.2, 0.25) is 20.1 Å². The number of rotatable bonds is 60. The summed E-state index contributed by atoms with van der Waals surface area (Å²) in [6, 6.07) is 26.9. The van der Waals surface area contributed by atoms with Gasteiger partial charge in [-0.15, -0.1) is 0 Å². The molecule has 4 aromatic rings. The van der Waals surface area contributed by atoms with Gasteiger partial charge in [0.15, 0.2) is 0 Å². The number of amides is 11. The average Bonchev–Trinajstić information content (AvgIpc) is 0.848. The topological polar surface area (TPSA) is 551 Å². The van der Waals surface area contributed by atoms with Gasteiger partial charge in [0.25, 0.3) is 0 Å². The van der Waals surface area contributed by atoms with Crippen LogP contribution in [0.15, 0.2) is 97.1 Å². The smallest absolute Gasteiger partial charge is 0.305 e. The summed E-state index contributed by atoms with van der Waals surface area (Å²) in [5.41, 5.74) is 2.94. The summed E-state index contributed by atoms with van der Waals surface area (Å²) in [5.74, 6) is -25.2. The maximum absolute atomic E-state index is 15.2. The summed E-state index contributed by atoms with van der Waals surface area (Å²) >= 11 is 24.7. The largest absolute Gasteiger partial charge is 0.481 e. The monoisotopic (exact) mass is 1830 g/mol. The molecule has 0 radical (unpaired) electrons. The lowest BCUT2D eigenvalue weighted by Gasteiger charge is -2.33. The number of ketones is 1. The van der Waals surface area contributed by atoms with E-state index in [1.54, 1.807) is 84.9 Å². The van der Waals surface area contributed by atoms with Crippen LogP contribution in [0.5, 0.6) is 0 Å². The van der Waals surface area contributed by atoms with Crippen LogP contribution in [0, 0.1) is 0 Å². The Morgan fingerprint density at radius 3 is 0.544 bits per heavy atom. The van der Waals surface area contributed by atoms with E-state index in [2.05, 4.69) is 5.32 Å². The first-order chi connectivity index (χ1) is 59.0. The van der Waals surface area contributed by atoms with Crippen LogP contribution in [0.3, 0.4) is 0 Å². The molecule has 40 nitrogen and oxygen atoms in total. The number of carbonyl (C=O) groups excluding carboxylic acids is 12. The molecular formula is C81H100Cl4N12O28. The van der Waals surface area contributed by atoms with Crippen molar-refractivity contribution in [3.05, 3.63) is 139 Å². The Morgan fingerprint density at radius 1 is 0.224 bits per heavy atom. The second-order valence-corrected chi connectivity index (χ2v) is 30.2. The molecule has 11 amide bonds. The van der Waals surface area contributed by atoms with Crippen LogP contribution < -0.4 is 5.32 Å². The molecule has 0 saturated carbocycles. The summed E-state index contributed by atoms with van der Waals surface area (Å²) in [4.78, 5) is 275. The third-order valence-electron chi connectivity index (χ3n) is 18.9. The van der Waals surface area contributed by atoms with Crippen molar-refractivity contribution in [3.63, 3.8) is 0 Å². The summed E-state index contributed by atoms with van der Waals surface area (Å²) in [7, 11) is 0. The van der Waals surface area contributed by atoms with Crippen molar-refractivity contribution < 1.29 is 137 Å². The van der Waals surface area contributed by atoms with E-state index < -0.39 is 294 Å².